The zero-order valence-electron chi connectivity index (χ0n) is 20.4. The van der Waals surface area contributed by atoms with Gasteiger partial charge in [-0.1, -0.05) is 18.2 Å². The molecule has 0 saturated carbocycles. The van der Waals surface area contributed by atoms with Crippen molar-refractivity contribution < 1.29 is 19.1 Å². The monoisotopic (exact) mass is 462 g/mol. The van der Waals surface area contributed by atoms with Gasteiger partial charge in [-0.3, -0.25) is 9.59 Å². The number of nitrogens with zero attached hydrogens (tertiary/aromatic N) is 2. The molecule has 0 aliphatic carbocycles. The Morgan fingerprint density at radius 3 is 2.47 bits per heavy atom. The molecule has 1 saturated heterocycles. The maximum Gasteiger partial charge on any atom is 0.254 e. The summed E-state index contributed by atoms with van der Waals surface area (Å²) in [7, 11) is 0. The van der Waals surface area contributed by atoms with Crippen molar-refractivity contribution in [2.75, 3.05) is 26.3 Å². The highest BCUT2D eigenvalue weighted by Gasteiger charge is 2.48. The van der Waals surface area contributed by atoms with E-state index in [1.807, 2.05) is 54.0 Å². The van der Waals surface area contributed by atoms with E-state index in [1.165, 1.54) is 0 Å². The van der Waals surface area contributed by atoms with Crippen molar-refractivity contribution in [3.05, 3.63) is 58.7 Å². The van der Waals surface area contributed by atoms with E-state index in [0.29, 0.717) is 31.1 Å². The molecular weight excluding hydrogens is 428 g/mol. The second kappa shape index (κ2) is 9.32. The molecule has 0 N–H and O–H groups in total. The average Bonchev–Trinajstić information content (AvgIpc) is 2.85. The molecule has 3 aliphatic rings. The van der Waals surface area contributed by atoms with Crippen LogP contribution >= 0.6 is 0 Å². The van der Waals surface area contributed by atoms with E-state index in [0.717, 1.165) is 54.7 Å². The van der Waals surface area contributed by atoms with Gasteiger partial charge in [-0.25, -0.2) is 0 Å². The molecule has 6 heteroatoms. The predicted octanol–water partition coefficient (Wildman–Crippen LogP) is 4.72. The van der Waals surface area contributed by atoms with Crippen LogP contribution in [0.4, 0.5) is 0 Å². The third-order valence-electron chi connectivity index (χ3n) is 7.54. The zero-order valence-corrected chi connectivity index (χ0v) is 20.4. The minimum Gasteiger partial charge on any atom is -0.490 e. The first-order chi connectivity index (χ1) is 16.5. The lowest BCUT2D eigenvalue weighted by Crippen LogP contribution is -2.52. The van der Waals surface area contributed by atoms with Gasteiger partial charge in [0.2, 0.25) is 5.91 Å². The highest BCUT2D eigenvalue weighted by molar-refractivity contribution is 6.01. The van der Waals surface area contributed by atoms with Crippen LogP contribution in [0.5, 0.6) is 11.5 Å². The molecule has 0 aromatic heterocycles. The largest absolute Gasteiger partial charge is 0.490 e. The molecule has 1 fully saturated rings. The number of hydrogen-bond donors (Lipinski definition) is 0. The summed E-state index contributed by atoms with van der Waals surface area (Å²) in [4.78, 5) is 31.8. The first kappa shape index (κ1) is 22.8. The molecule has 3 atom stereocenters. The summed E-state index contributed by atoms with van der Waals surface area (Å²) in [6.45, 7) is 8.49. The summed E-state index contributed by atoms with van der Waals surface area (Å²) in [5, 5.41) is 0. The molecular formula is C28H34N2O4. The Bertz CT molecular complexity index is 1100. The fourth-order valence-electron chi connectivity index (χ4n) is 5.94. The number of carbonyl (C=O) groups is 2. The van der Waals surface area contributed by atoms with Crippen molar-refractivity contribution in [3.63, 3.8) is 0 Å². The second-order valence-electron chi connectivity index (χ2n) is 9.50. The minimum absolute atomic E-state index is 0.00818. The van der Waals surface area contributed by atoms with Crippen LogP contribution in [0.15, 0.2) is 36.4 Å². The molecule has 3 heterocycles. The van der Waals surface area contributed by atoms with Gasteiger partial charge in [-0.15, -0.1) is 0 Å². The number of amides is 2. The van der Waals surface area contributed by atoms with Gasteiger partial charge >= 0.3 is 0 Å². The number of rotatable bonds is 5. The topological polar surface area (TPSA) is 59.1 Å². The van der Waals surface area contributed by atoms with Crippen LogP contribution in [-0.2, 0) is 11.2 Å². The Labute approximate surface area is 201 Å². The van der Waals surface area contributed by atoms with Crippen LogP contribution in [0.1, 0.15) is 79.0 Å². The number of hydrogen-bond acceptors (Lipinski definition) is 4. The lowest BCUT2D eigenvalue weighted by atomic mass is 9.75. The molecule has 0 spiro atoms. The van der Waals surface area contributed by atoms with Crippen LogP contribution in [-0.4, -0.2) is 54.0 Å². The van der Waals surface area contributed by atoms with E-state index < -0.39 is 5.92 Å². The molecule has 0 radical (unpaired) electrons. The number of ether oxygens (including phenoxy) is 2. The molecule has 34 heavy (non-hydrogen) atoms. The van der Waals surface area contributed by atoms with Gasteiger partial charge in [-0.2, -0.15) is 0 Å². The van der Waals surface area contributed by atoms with Crippen LogP contribution < -0.4 is 9.47 Å². The van der Waals surface area contributed by atoms with E-state index in [4.69, 9.17) is 9.47 Å². The summed E-state index contributed by atoms with van der Waals surface area (Å²) >= 11 is 0. The first-order valence-corrected chi connectivity index (χ1v) is 12.7. The summed E-state index contributed by atoms with van der Waals surface area (Å²) in [5.74, 6) is 1.11. The van der Waals surface area contributed by atoms with E-state index in [2.05, 4.69) is 13.0 Å². The molecule has 2 aromatic rings. The van der Waals surface area contributed by atoms with Crippen molar-refractivity contribution in [2.24, 2.45) is 0 Å². The zero-order chi connectivity index (χ0) is 23.8. The van der Waals surface area contributed by atoms with E-state index in [-0.39, 0.29) is 23.9 Å². The number of carbonyl (C=O) groups excluding carboxylic acids is 2. The molecule has 0 unspecified atom stereocenters. The minimum atomic E-state index is -0.430. The summed E-state index contributed by atoms with van der Waals surface area (Å²) in [5.41, 5.74) is 3.63. The number of benzene rings is 2. The Kier molecular flexibility index (Phi) is 6.24. The quantitative estimate of drug-likeness (QED) is 0.645. The van der Waals surface area contributed by atoms with E-state index in [9.17, 15) is 9.59 Å². The first-order valence-electron chi connectivity index (χ1n) is 12.7. The van der Waals surface area contributed by atoms with Crippen LogP contribution in [0.25, 0.3) is 0 Å². The lowest BCUT2D eigenvalue weighted by molar-refractivity contribution is -0.138. The van der Waals surface area contributed by atoms with Crippen LogP contribution in [0.3, 0.4) is 0 Å². The Balaban J connectivity index is 1.66. The Morgan fingerprint density at radius 2 is 1.74 bits per heavy atom. The molecule has 0 bridgehead atoms. The second-order valence-corrected chi connectivity index (χ2v) is 9.50. The fourth-order valence-corrected chi connectivity index (χ4v) is 5.94. The van der Waals surface area contributed by atoms with E-state index >= 15 is 0 Å². The number of piperidine rings is 1. The van der Waals surface area contributed by atoms with Gasteiger partial charge in [0.25, 0.3) is 5.91 Å². The third kappa shape index (κ3) is 3.73. The van der Waals surface area contributed by atoms with Gasteiger partial charge < -0.3 is 19.3 Å². The van der Waals surface area contributed by atoms with Gasteiger partial charge in [0.15, 0.2) is 11.5 Å². The molecule has 2 aromatic carbocycles. The standard InChI is InChI=1S/C28H34N2O4/c1-4-33-23-16-19-13-15-30-26(22(19)17-24(23)34-5-2)25(20-11-6-7-12-21(20)27(30)31)28(32)29-14-9-8-10-18(29)3/h6-7,11-12,16-18,25-26H,4-5,8-10,13-15H2,1-3H3/t18-,25+,26-/m1/s1. The lowest BCUT2D eigenvalue weighted by Gasteiger charge is -2.47. The number of likely N-dealkylation sites (tertiary alicyclic amines) is 1. The molecule has 3 aliphatic heterocycles. The number of fused-ring (bicyclic) bond motifs is 4. The van der Waals surface area contributed by atoms with Gasteiger partial charge in [0, 0.05) is 24.7 Å². The summed E-state index contributed by atoms with van der Waals surface area (Å²) in [6.07, 6.45) is 3.94. The highest BCUT2D eigenvalue weighted by Crippen LogP contribution is 2.49. The van der Waals surface area contributed by atoms with Crippen molar-refractivity contribution in [3.8, 4) is 11.5 Å². The average molecular weight is 463 g/mol. The Hall–Kier alpha value is -3.02. The fraction of sp³-hybridized carbons (Fsp3) is 0.500. The van der Waals surface area contributed by atoms with Crippen molar-refractivity contribution in [1.29, 1.82) is 0 Å². The van der Waals surface area contributed by atoms with Crippen molar-refractivity contribution in [1.82, 2.24) is 9.80 Å². The van der Waals surface area contributed by atoms with Gasteiger partial charge in [0.05, 0.1) is 25.2 Å². The maximum atomic E-state index is 14.2. The van der Waals surface area contributed by atoms with Crippen LogP contribution in [0, 0.1) is 0 Å². The van der Waals surface area contributed by atoms with E-state index in [1.54, 1.807) is 0 Å². The highest BCUT2D eigenvalue weighted by atomic mass is 16.5. The van der Waals surface area contributed by atoms with Crippen LogP contribution in [0.2, 0.25) is 0 Å². The van der Waals surface area contributed by atoms with Gasteiger partial charge in [-0.05, 0) is 81.3 Å². The van der Waals surface area contributed by atoms with Crippen molar-refractivity contribution >= 4 is 11.8 Å². The SMILES string of the molecule is CCOc1cc2c(cc1OCC)[C@@H]1[C@@H](C(=O)N3CCCC[C@H]3C)c3ccccc3C(=O)N1CC2. The maximum absolute atomic E-state index is 14.2. The summed E-state index contributed by atoms with van der Waals surface area (Å²) < 4.78 is 11.8. The predicted molar refractivity (Wildman–Crippen MR) is 130 cm³/mol. The Morgan fingerprint density at radius 1 is 1.00 bits per heavy atom. The molecule has 180 valence electrons. The summed E-state index contributed by atoms with van der Waals surface area (Å²) in [6, 6.07) is 11.6. The molecule has 6 nitrogen and oxygen atoms in total. The normalized spacial score (nSPS) is 23.6. The third-order valence-corrected chi connectivity index (χ3v) is 7.54. The smallest absolute Gasteiger partial charge is 0.254 e. The van der Waals surface area contributed by atoms with Crippen molar-refractivity contribution in [2.45, 2.75) is 64.5 Å². The van der Waals surface area contributed by atoms with Gasteiger partial charge in [0.1, 0.15) is 0 Å². The molecule has 5 rings (SSSR count). The molecule has 2 amide bonds.